The molecule has 0 N–H and O–H groups in total. The molecule has 0 aliphatic rings. The number of rotatable bonds is 4. The maximum atomic E-state index is 14.6. The number of aromatic nitrogens is 4. The van der Waals surface area contributed by atoms with Crippen molar-refractivity contribution in [3.63, 3.8) is 0 Å². The van der Waals surface area contributed by atoms with Crippen molar-refractivity contribution in [2.75, 3.05) is 0 Å². The molecule has 33 heavy (non-hydrogen) atoms. The molecular formula is C21H14F4N4O3S. The minimum absolute atomic E-state index is 0.0945. The predicted molar refractivity (Wildman–Crippen MR) is 110 cm³/mol. The monoisotopic (exact) mass is 478 g/mol. The molecule has 0 unspecified atom stereocenters. The van der Waals surface area contributed by atoms with Crippen molar-refractivity contribution in [1.29, 1.82) is 0 Å². The Balaban J connectivity index is 1.78. The van der Waals surface area contributed by atoms with Gasteiger partial charge in [-0.25, -0.2) is 22.2 Å². The average molecular weight is 478 g/mol. The van der Waals surface area contributed by atoms with E-state index in [2.05, 4.69) is 10.2 Å². The van der Waals surface area contributed by atoms with Gasteiger partial charge in [-0.1, -0.05) is 12.1 Å². The third kappa shape index (κ3) is 3.93. The minimum Gasteiger partial charge on any atom is -0.287 e. The highest BCUT2D eigenvalue weighted by Gasteiger charge is 2.46. The summed E-state index contributed by atoms with van der Waals surface area (Å²) in [5, 5.41) is 8.30. The third-order valence-corrected chi connectivity index (χ3v) is 6.31. The summed E-state index contributed by atoms with van der Waals surface area (Å²) in [7, 11) is -5.50. The predicted octanol–water partition coefficient (Wildman–Crippen LogP) is 3.83. The van der Waals surface area contributed by atoms with Gasteiger partial charge in [0.15, 0.2) is 11.5 Å². The number of aryl methyl sites for hydroxylation is 1. The lowest BCUT2D eigenvalue weighted by Crippen LogP contribution is -2.23. The number of nitrogens with zero attached hydrogens (tertiary/aromatic N) is 4. The van der Waals surface area contributed by atoms with E-state index in [1.165, 1.54) is 40.0 Å². The molecule has 4 aromatic rings. The number of benzene rings is 2. The van der Waals surface area contributed by atoms with E-state index in [0.29, 0.717) is 5.56 Å². The van der Waals surface area contributed by atoms with Crippen molar-refractivity contribution in [3.8, 4) is 22.8 Å². The minimum atomic E-state index is -5.50. The van der Waals surface area contributed by atoms with E-state index in [1.807, 2.05) is 0 Å². The van der Waals surface area contributed by atoms with E-state index in [1.54, 1.807) is 19.1 Å². The molecule has 170 valence electrons. The zero-order chi connectivity index (χ0) is 24.0. The highest BCUT2D eigenvalue weighted by Crippen LogP contribution is 2.30. The van der Waals surface area contributed by atoms with Crippen molar-refractivity contribution in [2.45, 2.75) is 17.3 Å². The topological polar surface area (TPSA) is 86.8 Å². The molecule has 7 nitrogen and oxygen atoms in total. The Morgan fingerprint density at radius 2 is 1.67 bits per heavy atom. The Hall–Kier alpha value is -3.80. The van der Waals surface area contributed by atoms with Gasteiger partial charge >= 0.3 is 5.51 Å². The van der Waals surface area contributed by atoms with Gasteiger partial charge in [0, 0.05) is 12.3 Å². The van der Waals surface area contributed by atoms with Crippen LogP contribution in [0.25, 0.3) is 22.8 Å². The molecule has 0 bridgehead atoms. The standard InChI is InChI=1S/C21H14F4N4O3S/c1-13-3-2-4-16(19(13)22)29-17(9-11-26-29)20-18(30)10-12-28(27-20)14-5-7-15(8-6-14)33(31,32)21(23,24)25/h2-12H,1H3. The Morgan fingerprint density at radius 1 is 0.970 bits per heavy atom. The molecule has 0 fully saturated rings. The molecule has 0 atom stereocenters. The molecule has 2 aromatic carbocycles. The Morgan fingerprint density at radius 3 is 2.33 bits per heavy atom. The van der Waals surface area contributed by atoms with Gasteiger partial charge in [-0.3, -0.25) is 4.79 Å². The van der Waals surface area contributed by atoms with E-state index >= 15 is 0 Å². The Kier molecular flexibility index (Phi) is 5.40. The lowest BCUT2D eigenvalue weighted by atomic mass is 10.2. The molecule has 0 saturated heterocycles. The summed E-state index contributed by atoms with van der Waals surface area (Å²) in [6.45, 7) is 1.58. The van der Waals surface area contributed by atoms with Gasteiger partial charge in [-0.05, 0) is 48.9 Å². The fourth-order valence-corrected chi connectivity index (χ4v) is 3.87. The molecule has 2 heterocycles. The van der Waals surface area contributed by atoms with Gasteiger partial charge in [0.05, 0.1) is 22.5 Å². The summed E-state index contributed by atoms with van der Waals surface area (Å²) >= 11 is 0. The van der Waals surface area contributed by atoms with Crippen molar-refractivity contribution in [3.05, 3.63) is 88.6 Å². The zero-order valence-electron chi connectivity index (χ0n) is 16.8. The zero-order valence-corrected chi connectivity index (χ0v) is 17.6. The SMILES string of the molecule is Cc1cccc(-n2nccc2-c2nn(-c3ccc(S(=O)(=O)C(F)(F)F)cc3)ccc2=O)c1F. The number of sulfone groups is 1. The van der Waals surface area contributed by atoms with Gasteiger partial charge in [0.1, 0.15) is 5.69 Å². The van der Waals surface area contributed by atoms with Crippen LogP contribution in [0.15, 0.2) is 76.7 Å². The van der Waals surface area contributed by atoms with Crippen LogP contribution in [0.2, 0.25) is 0 Å². The highest BCUT2D eigenvalue weighted by atomic mass is 32.2. The summed E-state index contributed by atoms with van der Waals surface area (Å²) in [5.74, 6) is -0.528. The first-order valence-electron chi connectivity index (χ1n) is 9.32. The second kappa shape index (κ2) is 7.96. The average Bonchev–Trinajstić information content (AvgIpc) is 3.24. The second-order valence-electron chi connectivity index (χ2n) is 6.95. The van der Waals surface area contributed by atoms with E-state index in [4.69, 9.17) is 0 Å². The van der Waals surface area contributed by atoms with Crippen LogP contribution < -0.4 is 5.43 Å². The number of alkyl halides is 3. The molecule has 0 saturated carbocycles. The van der Waals surface area contributed by atoms with E-state index < -0.39 is 31.5 Å². The van der Waals surface area contributed by atoms with Crippen LogP contribution >= 0.6 is 0 Å². The fourth-order valence-electron chi connectivity index (χ4n) is 3.11. The molecule has 12 heteroatoms. The van der Waals surface area contributed by atoms with E-state index in [-0.39, 0.29) is 22.8 Å². The van der Waals surface area contributed by atoms with Crippen LogP contribution in [0.4, 0.5) is 17.6 Å². The van der Waals surface area contributed by atoms with E-state index in [0.717, 1.165) is 24.3 Å². The lowest BCUT2D eigenvalue weighted by molar-refractivity contribution is -0.0436. The van der Waals surface area contributed by atoms with Crippen LogP contribution in [-0.4, -0.2) is 33.5 Å². The first-order valence-corrected chi connectivity index (χ1v) is 10.8. The summed E-state index contributed by atoms with van der Waals surface area (Å²) < 4.78 is 78.4. The maximum absolute atomic E-state index is 14.6. The summed E-state index contributed by atoms with van der Waals surface area (Å²) in [5.41, 5.74) is -5.16. The molecule has 0 aliphatic carbocycles. The van der Waals surface area contributed by atoms with Crippen molar-refractivity contribution in [2.24, 2.45) is 0 Å². The van der Waals surface area contributed by atoms with Crippen molar-refractivity contribution < 1.29 is 26.0 Å². The Labute approximate surface area is 184 Å². The smallest absolute Gasteiger partial charge is 0.287 e. The van der Waals surface area contributed by atoms with Crippen LogP contribution in [-0.2, 0) is 9.84 Å². The number of hydrogen-bond donors (Lipinski definition) is 0. The Bertz CT molecular complexity index is 1510. The first kappa shape index (κ1) is 22.4. The van der Waals surface area contributed by atoms with Crippen LogP contribution in [0.3, 0.4) is 0 Å². The van der Waals surface area contributed by atoms with Crippen LogP contribution in [0.5, 0.6) is 0 Å². The summed E-state index contributed by atoms with van der Waals surface area (Å²) in [6.07, 6.45) is 2.64. The molecule has 0 spiro atoms. The van der Waals surface area contributed by atoms with Crippen LogP contribution in [0, 0.1) is 12.7 Å². The molecule has 0 aliphatic heterocycles. The second-order valence-corrected chi connectivity index (χ2v) is 8.89. The van der Waals surface area contributed by atoms with Gasteiger partial charge in [0.25, 0.3) is 9.84 Å². The summed E-state index contributed by atoms with van der Waals surface area (Å²) in [4.78, 5) is 11.6. The normalized spacial score (nSPS) is 12.2. The van der Waals surface area contributed by atoms with E-state index in [9.17, 15) is 30.8 Å². The van der Waals surface area contributed by atoms with Gasteiger partial charge in [0.2, 0.25) is 5.43 Å². The molecule has 0 amide bonds. The number of halogens is 4. The van der Waals surface area contributed by atoms with Crippen molar-refractivity contribution >= 4 is 9.84 Å². The van der Waals surface area contributed by atoms with Crippen LogP contribution in [0.1, 0.15) is 5.56 Å². The van der Waals surface area contributed by atoms with Gasteiger partial charge in [-0.15, -0.1) is 0 Å². The molecule has 4 rings (SSSR count). The number of hydrogen-bond acceptors (Lipinski definition) is 5. The lowest BCUT2D eigenvalue weighted by Gasteiger charge is -2.12. The highest BCUT2D eigenvalue weighted by molar-refractivity contribution is 7.92. The third-order valence-electron chi connectivity index (χ3n) is 4.81. The van der Waals surface area contributed by atoms with Gasteiger partial charge < -0.3 is 0 Å². The largest absolute Gasteiger partial charge is 0.501 e. The van der Waals surface area contributed by atoms with Gasteiger partial charge in [-0.2, -0.15) is 23.4 Å². The quantitative estimate of drug-likeness (QED) is 0.416. The van der Waals surface area contributed by atoms with Crippen molar-refractivity contribution in [1.82, 2.24) is 19.6 Å². The molecule has 2 aromatic heterocycles. The maximum Gasteiger partial charge on any atom is 0.501 e. The summed E-state index contributed by atoms with van der Waals surface area (Å²) in [6, 6.07) is 11.2. The first-order chi connectivity index (χ1) is 15.5. The molecular weight excluding hydrogens is 464 g/mol. The molecule has 0 radical (unpaired) electrons. The fraction of sp³-hybridized carbons (Fsp3) is 0.0952.